The highest BCUT2D eigenvalue weighted by molar-refractivity contribution is 5.99. The van der Waals surface area contributed by atoms with Crippen molar-refractivity contribution in [2.45, 2.75) is 31.7 Å². The second kappa shape index (κ2) is 7.68. The van der Waals surface area contributed by atoms with Gasteiger partial charge in [0.25, 0.3) is 5.91 Å². The van der Waals surface area contributed by atoms with Crippen molar-refractivity contribution in [2.75, 3.05) is 44.2 Å². The Labute approximate surface area is 159 Å². The van der Waals surface area contributed by atoms with Gasteiger partial charge in [-0.25, -0.2) is 0 Å². The zero-order valence-electron chi connectivity index (χ0n) is 15.5. The van der Waals surface area contributed by atoms with Gasteiger partial charge < -0.3 is 20.0 Å². The average molecular weight is 370 g/mol. The highest BCUT2D eigenvalue weighted by atomic mass is 16.2. The number of anilines is 1. The molecule has 0 spiro atoms. The van der Waals surface area contributed by atoms with E-state index in [9.17, 15) is 14.4 Å². The van der Waals surface area contributed by atoms with Gasteiger partial charge in [0.15, 0.2) is 0 Å². The normalized spacial score (nSPS) is 23.9. The fourth-order valence-electron chi connectivity index (χ4n) is 4.31. The molecule has 3 aliphatic heterocycles. The molecule has 3 heterocycles. The van der Waals surface area contributed by atoms with Crippen LogP contribution < -0.4 is 10.2 Å². The molecule has 3 amide bonds. The van der Waals surface area contributed by atoms with Crippen LogP contribution in [0.2, 0.25) is 0 Å². The van der Waals surface area contributed by atoms with Crippen LogP contribution in [0.1, 0.15) is 36.0 Å². The molecule has 3 saturated heterocycles. The van der Waals surface area contributed by atoms with Gasteiger partial charge in [0.05, 0.1) is 6.54 Å². The number of nitrogens with zero attached hydrogens (tertiary/aromatic N) is 3. The van der Waals surface area contributed by atoms with Crippen LogP contribution in [0.15, 0.2) is 24.3 Å². The van der Waals surface area contributed by atoms with Gasteiger partial charge in [0.2, 0.25) is 11.8 Å². The number of hydrogen-bond acceptors (Lipinski definition) is 4. The number of rotatable bonds is 3. The summed E-state index contributed by atoms with van der Waals surface area (Å²) in [7, 11) is 0. The fraction of sp³-hybridized carbons (Fsp3) is 0.550. The first-order valence-electron chi connectivity index (χ1n) is 9.83. The van der Waals surface area contributed by atoms with Crippen molar-refractivity contribution in [1.29, 1.82) is 0 Å². The third-order valence-corrected chi connectivity index (χ3v) is 5.73. The summed E-state index contributed by atoms with van der Waals surface area (Å²) in [6, 6.07) is 7.46. The summed E-state index contributed by atoms with van der Waals surface area (Å²) in [5.41, 5.74) is 1.41. The number of carbonyl (C=O) groups excluding carboxylic acids is 3. The number of benzene rings is 1. The minimum absolute atomic E-state index is 0.0178. The lowest BCUT2D eigenvalue weighted by atomic mass is 10.0. The van der Waals surface area contributed by atoms with E-state index in [0.717, 1.165) is 31.5 Å². The van der Waals surface area contributed by atoms with Crippen molar-refractivity contribution in [3.8, 4) is 0 Å². The zero-order chi connectivity index (χ0) is 18.8. The van der Waals surface area contributed by atoms with E-state index in [-0.39, 0.29) is 23.8 Å². The lowest BCUT2D eigenvalue weighted by Crippen LogP contribution is -2.57. The molecule has 27 heavy (non-hydrogen) atoms. The van der Waals surface area contributed by atoms with Crippen LogP contribution in [0, 0.1) is 0 Å². The standard InChI is InChI=1S/C20H26N4O3/c25-18-7-3-10-23(18)16-5-1-4-15(12-16)20(27)22-9-2-6-17(14-22)24-11-8-21-13-19(24)26/h1,4-5,12,17,21H,2-3,6-11,13-14H2. The van der Waals surface area contributed by atoms with Crippen LogP contribution in [0.4, 0.5) is 5.69 Å². The summed E-state index contributed by atoms with van der Waals surface area (Å²) in [5, 5.41) is 3.10. The lowest BCUT2D eigenvalue weighted by Gasteiger charge is -2.41. The summed E-state index contributed by atoms with van der Waals surface area (Å²) in [6.07, 6.45) is 3.28. The van der Waals surface area contributed by atoms with E-state index in [0.29, 0.717) is 44.7 Å². The molecule has 0 radical (unpaired) electrons. The average Bonchev–Trinajstić information content (AvgIpc) is 3.14. The van der Waals surface area contributed by atoms with Crippen LogP contribution in [0.25, 0.3) is 0 Å². The Kier molecular flexibility index (Phi) is 5.11. The van der Waals surface area contributed by atoms with E-state index in [1.807, 2.05) is 34.1 Å². The monoisotopic (exact) mass is 370 g/mol. The number of nitrogens with one attached hydrogen (secondary N) is 1. The first-order valence-corrected chi connectivity index (χ1v) is 9.83. The number of piperazine rings is 1. The molecule has 7 heteroatoms. The maximum Gasteiger partial charge on any atom is 0.253 e. The predicted octanol–water partition coefficient (Wildman–Crippen LogP) is 0.850. The Hall–Kier alpha value is -2.41. The van der Waals surface area contributed by atoms with Crippen molar-refractivity contribution in [3.63, 3.8) is 0 Å². The molecule has 1 aromatic rings. The Morgan fingerprint density at radius 2 is 1.96 bits per heavy atom. The highest BCUT2D eigenvalue weighted by Gasteiger charge is 2.32. The summed E-state index contributed by atoms with van der Waals surface area (Å²) >= 11 is 0. The quantitative estimate of drug-likeness (QED) is 0.856. The first kappa shape index (κ1) is 18.0. The molecular weight excluding hydrogens is 344 g/mol. The topological polar surface area (TPSA) is 73.0 Å². The van der Waals surface area contributed by atoms with E-state index < -0.39 is 0 Å². The summed E-state index contributed by atoms with van der Waals surface area (Å²) in [5.74, 6) is 0.223. The first-order chi connectivity index (χ1) is 13.1. The number of amides is 3. The molecule has 1 unspecified atom stereocenters. The molecule has 1 N–H and O–H groups in total. The van der Waals surface area contributed by atoms with Crippen LogP contribution in [0.5, 0.6) is 0 Å². The molecule has 0 aliphatic carbocycles. The van der Waals surface area contributed by atoms with Crippen LogP contribution in [0.3, 0.4) is 0 Å². The van der Waals surface area contributed by atoms with Crippen molar-refractivity contribution >= 4 is 23.4 Å². The van der Waals surface area contributed by atoms with Gasteiger partial charge in [-0.2, -0.15) is 0 Å². The van der Waals surface area contributed by atoms with E-state index in [4.69, 9.17) is 0 Å². The molecule has 0 aromatic heterocycles. The molecule has 7 nitrogen and oxygen atoms in total. The van der Waals surface area contributed by atoms with Gasteiger partial charge in [-0.05, 0) is 37.5 Å². The fourth-order valence-corrected chi connectivity index (χ4v) is 4.31. The van der Waals surface area contributed by atoms with Crippen LogP contribution in [-0.2, 0) is 9.59 Å². The third kappa shape index (κ3) is 3.69. The molecule has 1 atom stereocenters. The molecule has 0 bridgehead atoms. The minimum atomic E-state index is -0.0178. The molecule has 0 saturated carbocycles. The van der Waals surface area contributed by atoms with Crippen molar-refractivity contribution in [3.05, 3.63) is 29.8 Å². The van der Waals surface area contributed by atoms with E-state index in [1.54, 1.807) is 4.90 Å². The Morgan fingerprint density at radius 1 is 1.07 bits per heavy atom. The van der Waals surface area contributed by atoms with E-state index in [1.165, 1.54) is 0 Å². The predicted molar refractivity (Wildman–Crippen MR) is 102 cm³/mol. The second-order valence-electron chi connectivity index (χ2n) is 7.51. The molecular formula is C20H26N4O3. The van der Waals surface area contributed by atoms with Crippen molar-refractivity contribution in [2.24, 2.45) is 0 Å². The summed E-state index contributed by atoms with van der Waals surface area (Å²) in [4.78, 5) is 42.8. The van der Waals surface area contributed by atoms with Gasteiger partial charge in [-0.3, -0.25) is 14.4 Å². The van der Waals surface area contributed by atoms with Gasteiger partial charge in [0, 0.05) is 56.4 Å². The smallest absolute Gasteiger partial charge is 0.253 e. The Bertz CT molecular complexity index is 750. The van der Waals surface area contributed by atoms with Gasteiger partial charge in [-0.1, -0.05) is 6.07 Å². The maximum absolute atomic E-state index is 13.1. The number of carbonyl (C=O) groups is 3. The second-order valence-corrected chi connectivity index (χ2v) is 7.51. The number of hydrogen-bond donors (Lipinski definition) is 1. The van der Waals surface area contributed by atoms with Crippen LogP contribution in [-0.4, -0.2) is 72.8 Å². The van der Waals surface area contributed by atoms with E-state index in [2.05, 4.69) is 5.32 Å². The Morgan fingerprint density at radius 3 is 2.74 bits per heavy atom. The van der Waals surface area contributed by atoms with Crippen molar-refractivity contribution in [1.82, 2.24) is 15.1 Å². The van der Waals surface area contributed by atoms with Gasteiger partial charge in [0.1, 0.15) is 0 Å². The maximum atomic E-state index is 13.1. The molecule has 4 rings (SSSR count). The van der Waals surface area contributed by atoms with E-state index >= 15 is 0 Å². The molecule has 144 valence electrons. The summed E-state index contributed by atoms with van der Waals surface area (Å²) < 4.78 is 0. The zero-order valence-corrected chi connectivity index (χ0v) is 15.5. The van der Waals surface area contributed by atoms with Gasteiger partial charge in [-0.15, -0.1) is 0 Å². The molecule has 3 fully saturated rings. The van der Waals surface area contributed by atoms with Gasteiger partial charge >= 0.3 is 0 Å². The number of likely N-dealkylation sites (tertiary alicyclic amines) is 1. The summed E-state index contributed by atoms with van der Waals surface area (Å²) in [6.45, 7) is 3.91. The molecule has 1 aromatic carbocycles. The molecule has 3 aliphatic rings. The lowest BCUT2D eigenvalue weighted by molar-refractivity contribution is -0.135. The SMILES string of the molecule is O=C(c1cccc(N2CCCC2=O)c1)N1CCCC(N2CCNCC2=O)C1. The van der Waals surface area contributed by atoms with Crippen molar-refractivity contribution < 1.29 is 14.4 Å². The minimum Gasteiger partial charge on any atom is -0.337 e. The third-order valence-electron chi connectivity index (χ3n) is 5.73. The van der Waals surface area contributed by atoms with Crippen LogP contribution >= 0.6 is 0 Å². The number of piperidine rings is 1. The Balaban J connectivity index is 1.47. The largest absolute Gasteiger partial charge is 0.337 e. The highest BCUT2D eigenvalue weighted by Crippen LogP contribution is 2.24.